The Morgan fingerprint density at radius 1 is 0.439 bits per heavy atom. The van der Waals surface area contributed by atoms with E-state index < -0.39 is 121 Å². The fourth-order valence-corrected chi connectivity index (χ4v) is 5.78. The van der Waals surface area contributed by atoms with Gasteiger partial charge >= 0.3 is 17.9 Å². The minimum Gasteiger partial charge on any atom is -0.481 e. The Labute approximate surface area is 335 Å². The maximum absolute atomic E-state index is 13.8. The molecule has 0 radical (unpaired) electrons. The largest absolute Gasteiger partial charge is 0.481 e. The lowest BCUT2D eigenvalue weighted by molar-refractivity contribution is -0.144. The van der Waals surface area contributed by atoms with Crippen LogP contribution in [0.5, 0.6) is 0 Å². The molecule has 0 rings (SSSR count). The van der Waals surface area contributed by atoms with Crippen LogP contribution in [0.25, 0.3) is 0 Å². The van der Waals surface area contributed by atoms with Gasteiger partial charge < -0.3 is 53.0 Å². The number of hydrogen-bond acceptors (Lipinski definition) is 10. The summed E-state index contributed by atoms with van der Waals surface area (Å²) in [5.74, 6) is -10.0. The summed E-state index contributed by atoms with van der Waals surface area (Å²) in [7, 11) is 0. The second kappa shape index (κ2) is 25.4. The lowest BCUT2D eigenvalue weighted by atomic mass is 9.98. The van der Waals surface area contributed by atoms with E-state index in [0.717, 1.165) is 0 Å². The van der Waals surface area contributed by atoms with Crippen LogP contribution >= 0.6 is 0 Å². The predicted octanol–water partition coefficient (Wildman–Crippen LogP) is 0.487. The van der Waals surface area contributed by atoms with E-state index in [1.807, 2.05) is 13.8 Å². The van der Waals surface area contributed by atoms with Crippen LogP contribution in [0.2, 0.25) is 0 Å². The lowest BCUT2D eigenvalue weighted by Gasteiger charge is -2.29. The number of amides is 6. The third-order valence-corrected chi connectivity index (χ3v) is 8.60. The number of rotatable bonds is 27. The monoisotopic (exact) mass is 813 g/mol. The molecule has 0 unspecified atom stereocenters. The Balaban J connectivity index is 6.27. The smallest absolute Gasteiger partial charge is 0.326 e. The molecule has 7 atom stereocenters. The highest BCUT2D eigenvalue weighted by Crippen LogP contribution is 2.13. The molecule has 57 heavy (non-hydrogen) atoms. The first kappa shape index (κ1) is 52.2. The number of nitrogens with two attached hydrogens (primary N) is 1. The lowest BCUT2D eigenvalue weighted by Crippen LogP contribution is -2.61. The van der Waals surface area contributed by atoms with Gasteiger partial charge in [0.05, 0.1) is 12.5 Å². The van der Waals surface area contributed by atoms with Gasteiger partial charge in [-0.25, -0.2) is 4.79 Å². The van der Waals surface area contributed by atoms with E-state index in [9.17, 15) is 53.4 Å². The highest BCUT2D eigenvalue weighted by molar-refractivity contribution is 5.98. The molecule has 0 spiro atoms. The van der Waals surface area contributed by atoms with Gasteiger partial charge in [0.1, 0.15) is 36.3 Å². The molecule has 0 aliphatic rings. The zero-order chi connectivity index (χ0) is 44.3. The van der Waals surface area contributed by atoms with E-state index in [-0.39, 0.29) is 42.9 Å². The van der Waals surface area contributed by atoms with Crippen LogP contribution in [0.15, 0.2) is 0 Å². The van der Waals surface area contributed by atoms with Gasteiger partial charge in [0.25, 0.3) is 0 Å². The van der Waals surface area contributed by atoms with Crippen LogP contribution in [0.3, 0.4) is 0 Å². The predicted molar refractivity (Wildman–Crippen MR) is 209 cm³/mol. The molecule has 0 aromatic heterocycles. The molecular weight excluding hydrogens is 746 g/mol. The second-order valence-electron chi connectivity index (χ2n) is 16.5. The molecular formula is C38H67N7O12. The molecule has 0 heterocycles. The molecule has 0 aliphatic heterocycles. The quantitative estimate of drug-likeness (QED) is 0.0541. The van der Waals surface area contributed by atoms with Crippen molar-refractivity contribution in [3.05, 3.63) is 0 Å². The third kappa shape index (κ3) is 21.3. The van der Waals surface area contributed by atoms with E-state index in [4.69, 9.17) is 10.8 Å². The first-order valence-corrected chi connectivity index (χ1v) is 19.5. The third-order valence-electron chi connectivity index (χ3n) is 8.60. The van der Waals surface area contributed by atoms with Crippen molar-refractivity contribution in [3.63, 3.8) is 0 Å². The molecule has 6 amide bonds. The van der Waals surface area contributed by atoms with Crippen LogP contribution in [-0.4, -0.2) is 111 Å². The first-order valence-electron chi connectivity index (χ1n) is 19.5. The van der Waals surface area contributed by atoms with E-state index in [2.05, 4.69) is 31.9 Å². The summed E-state index contributed by atoms with van der Waals surface area (Å²) >= 11 is 0. The van der Waals surface area contributed by atoms with Gasteiger partial charge in [-0.1, -0.05) is 69.2 Å². The summed E-state index contributed by atoms with van der Waals surface area (Å²) in [5.41, 5.74) is 6.00. The van der Waals surface area contributed by atoms with Crippen molar-refractivity contribution in [2.24, 2.45) is 35.3 Å². The van der Waals surface area contributed by atoms with Gasteiger partial charge in [0, 0.05) is 6.42 Å². The Bertz CT molecular complexity index is 1400. The van der Waals surface area contributed by atoms with E-state index >= 15 is 0 Å². The topological polar surface area (TPSA) is 313 Å². The Morgan fingerprint density at radius 3 is 1.14 bits per heavy atom. The summed E-state index contributed by atoms with van der Waals surface area (Å²) in [6.45, 7) is 17.6. The summed E-state index contributed by atoms with van der Waals surface area (Å²) in [4.78, 5) is 115. The minimum atomic E-state index is -1.67. The zero-order valence-corrected chi connectivity index (χ0v) is 35.0. The van der Waals surface area contributed by atoms with Gasteiger partial charge in [0.2, 0.25) is 35.4 Å². The van der Waals surface area contributed by atoms with Gasteiger partial charge in [-0.3, -0.25) is 38.4 Å². The number of carboxylic acids is 3. The standard InChI is InChI=1S/C38H67N7O12/c1-18(2)13-23(39)32(50)41-25(14-19(3)4)34(52)43-28(17-30(48)49)36(54)45-31(22(9)10)37(55)44-27(16-21(7)8)35(53)42-26(15-20(5)6)33(51)40-24(38(56)57)11-12-29(46)47/h18-28,31H,11-17,39H2,1-10H3,(H,40,51)(H,41,50)(H,42,53)(H,43,52)(H,44,55)(H,45,54)(H,46,47)(H,48,49)(H,56,57)/t23-,24-,25-,26-,27-,28-,31-/m0/s1. The number of carboxylic acid groups (broad SMARTS) is 3. The van der Waals surface area contributed by atoms with Crippen molar-refractivity contribution in [1.82, 2.24) is 31.9 Å². The summed E-state index contributed by atoms with van der Waals surface area (Å²) in [6.07, 6.45) is -1.15. The normalized spacial score (nSPS) is 15.2. The summed E-state index contributed by atoms with van der Waals surface area (Å²) in [6, 6.07) is -9.12. The fourth-order valence-electron chi connectivity index (χ4n) is 5.78. The molecule has 0 saturated carbocycles. The minimum absolute atomic E-state index is 0.0685. The molecule has 0 bridgehead atoms. The van der Waals surface area contributed by atoms with Crippen LogP contribution in [0, 0.1) is 29.6 Å². The molecule has 0 fully saturated rings. The SMILES string of the molecule is CC(C)C[C@H](NC(=O)[C@H](CC(C)C)NC(=O)[C@@H](NC(=O)[C@H](CC(=O)O)NC(=O)[C@H](CC(C)C)NC(=O)[C@@H](N)CC(C)C)C(C)C)C(=O)N[C@@H](CCC(=O)O)C(=O)O. The molecule has 11 N–H and O–H groups in total. The van der Waals surface area contributed by atoms with Gasteiger partial charge in [0.15, 0.2) is 0 Å². The number of hydrogen-bond donors (Lipinski definition) is 10. The van der Waals surface area contributed by atoms with Gasteiger partial charge in [-0.05, 0) is 61.7 Å². The Kier molecular flexibility index (Phi) is 23.3. The van der Waals surface area contributed by atoms with Crippen molar-refractivity contribution in [2.45, 2.75) is 156 Å². The second-order valence-corrected chi connectivity index (χ2v) is 16.5. The van der Waals surface area contributed by atoms with Crippen molar-refractivity contribution in [1.29, 1.82) is 0 Å². The fraction of sp³-hybridized carbons (Fsp3) is 0.763. The highest BCUT2D eigenvalue weighted by Gasteiger charge is 2.36. The maximum atomic E-state index is 13.8. The van der Waals surface area contributed by atoms with E-state index in [0.29, 0.717) is 6.42 Å². The van der Waals surface area contributed by atoms with E-state index in [1.165, 1.54) is 0 Å². The van der Waals surface area contributed by atoms with Crippen LogP contribution < -0.4 is 37.6 Å². The molecule has 0 saturated heterocycles. The number of aliphatic carboxylic acids is 3. The zero-order valence-electron chi connectivity index (χ0n) is 35.0. The van der Waals surface area contributed by atoms with Crippen LogP contribution in [0.4, 0.5) is 0 Å². The van der Waals surface area contributed by atoms with Gasteiger partial charge in [-0.15, -0.1) is 0 Å². The molecule has 19 nitrogen and oxygen atoms in total. The van der Waals surface area contributed by atoms with Crippen LogP contribution in [0.1, 0.15) is 114 Å². The molecule has 326 valence electrons. The average Bonchev–Trinajstić information content (AvgIpc) is 3.05. The molecule has 19 heteroatoms. The average molecular weight is 814 g/mol. The molecule has 0 aromatic rings. The van der Waals surface area contributed by atoms with Gasteiger partial charge in [-0.2, -0.15) is 0 Å². The first-order chi connectivity index (χ1) is 26.2. The highest BCUT2D eigenvalue weighted by atomic mass is 16.4. The Morgan fingerprint density at radius 2 is 0.789 bits per heavy atom. The number of carbonyl (C=O) groups excluding carboxylic acids is 6. The summed E-state index contributed by atoms with van der Waals surface area (Å²) in [5, 5.41) is 43.1. The maximum Gasteiger partial charge on any atom is 0.326 e. The summed E-state index contributed by atoms with van der Waals surface area (Å²) < 4.78 is 0. The number of nitrogens with one attached hydrogen (secondary N) is 6. The Hall–Kier alpha value is -4.81. The van der Waals surface area contributed by atoms with Crippen molar-refractivity contribution >= 4 is 53.4 Å². The van der Waals surface area contributed by atoms with Crippen molar-refractivity contribution < 1.29 is 58.5 Å². The number of carbonyl (C=O) groups is 9. The molecule has 0 aliphatic carbocycles. The van der Waals surface area contributed by atoms with Crippen molar-refractivity contribution in [3.8, 4) is 0 Å². The van der Waals surface area contributed by atoms with Crippen molar-refractivity contribution in [2.75, 3.05) is 0 Å². The van der Waals surface area contributed by atoms with Crippen LogP contribution in [-0.2, 0) is 43.2 Å². The molecule has 0 aromatic carbocycles. The van der Waals surface area contributed by atoms with E-state index in [1.54, 1.807) is 55.4 Å².